The van der Waals surface area contributed by atoms with E-state index in [9.17, 15) is 8.78 Å². The molecule has 6 heteroatoms. The van der Waals surface area contributed by atoms with Crippen LogP contribution >= 0.6 is 0 Å². The van der Waals surface area contributed by atoms with Crippen molar-refractivity contribution in [1.82, 2.24) is 5.32 Å². The minimum Gasteiger partial charge on any atom is -0.493 e. The Labute approximate surface area is 192 Å². The van der Waals surface area contributed by atoms with Gasteiger partial charge in [-0.3, -0.25) is 0 Å². The van der Waals surface area contributed by atoms with Gasteiger partial charge in [-0.15, -0.1) is 0 Å². The minimum absolute atomic E-state index is 0.0872. The highest BCUT2D eigenvalue weighted by Crippen LogP contribution is 2.38. The number of alkyl halides is 2. The van der Waals surface area contributed by atoms with Gasteiger partial charge in [0.05, 0.1) is 14.2 Å². The summed E-state index contributed by atoms with van der Waals surface area (Å²) >= 11 is 0. The summed E-state index contributed by atoms with van der Waals surface area (Å²) in [6, 6.07) is 14.0. The molecule has 0 radical (unpaired) electrons. The number of ether oxygens (including phenoxy) is 2. The molecule has 0 bridgehead atoms. The Balaban J connectivity index is 0.000000235. The summed E-state index contributed by atoms with van der Waals surface area (Å²) in [6.07, 6.45) is -0.174. The first kappa shape index (κ1) is 25.8. The van der Waals surface area contributed by atoms with Crippen LogP contribution in [-0.4, -0.2) is 32.9 Å². The van der Waals surface area contributed by atoms with Crippen molar-refractivity contribution in [3.63, 3.8) is 0 Å². The molecule has 0 atom stereocenters. The van der Waals surface area contributed by atoms with Gasteiger partial charge in [-0.1, -0.05) is 76.8 Å². The third-order valence-corrected chi connectivity index (χ3v) is 5.64. The molecule has 0 heterocycles. The smallest absolute Gasteiger partial charge is 0.252 e. The molecule has 0 aromatic heterocycles. The van der Waals surface area contributed by atoms with Gasteiger partial charge in [0, 0.05) is 24.6 Å². The normalized spacial score (nSPS) is 15.0. The maximum atomic E-state index is 12.7. The number of rotatable bonds is 6. The Bertz CT molecular complexity index is 897. The zero-order chi connectivity index (χ0) is 24.1. The number of hydrogen-bond donors (Lipinski definition) is 1. The van der Waals surface area contributed by atoms with Crippen LogP contribution in [0.15, 0.2) is 49.0 Å². The molecule has 1 aliphatic carbocycles. The third kappa shape index (κ3) is 7.01. The average Bonchev–Trinajstić information content (AvgIpc) is 2.71. The Morgan fingerprint density at radius 1 is 1.00 bits per heavy atom. The van der Waals surface area contributed by atoms with Gasteiger partial charge in [0.15, 0.2) is 18.2 Å². The van der Waals surface area contributed by atoms with Crippen molar-refractivity contribution < 1.29 is 18.3 Å². The van der Waals surface area contributed by atoms with E-state index in [1.807, 2.05) is 24.3 Å². The quantitative estimate of drug-likeness (QED) is 0.555. The largest absolute Gasteiger partial charge is 0.493 e. The predicted molar refractivity (Wildman–Crippen MR) is 132 cm³/mol. The van der Waals surface area contributed by atoms with Gasteiger partial charge in [0.25, 0.3) is 5.92 Å². The van der Waals surface area contributed by atoms with Crippen molar-refractivity contribution in [2.24, 2.45) is 0 Å². The van der Waals surface area contributed by atoms with Gasteiger partial charge in [0.2, 0.25) is 0 Å². The lowest BCUT2D eigenvalue weighted by Gasteiger charge is -2.36. The molecule has 2 aromatic rings. The Morgan fingerprint density at radius 3 is 2.00 bits per heavy atom. The maximum Gasteiger partial charge on any atom is 0.252 e. The molecule has 1 fully saturated rings. The van der Waals surface area contributed by atoms with E-state index in [2.05, 4.69) is 64.5 Å². The van der Waals surface area contributed by atoms with Gasteiger partial charge in [-0.2, -0.15) is 0 Å². The Kier molecular flexibility index (Phi) is 8.38. The van der Waals surface area contributed by atoms with E-state index in [0.29, 0.717) is 6.71 Å². The number of nitrogens with one attached hydrogen (secondary N) is 1. The van der Waals surface area contributed by atoms with Crippen LogP contribution < -0.4 is 20.3 Å². The summed E-state index contributed by atoms with van der Waals surface area (Å²) in [4.78, 5) is 0. The van der Waals surface area contributed by atoms with Crippen LogP contribution in [0.1, 0.15) is 44.7 Å². The van der Waals surface area contributed by atoms with Crippen molar-refractivity contribution in [1.29, 1.82) is 0 Å². The van der Waals surface area contributed by atoms with E-state index in [1.54, 1.807) is 14.2 Å². The van der Waals surface area contributed by atoms with Crippen LogP contribution in [-0.2, 0) is 5.41 Å². The second-order valence-electron chi connectivity index (χ2n) is 9.68. The molecule has 0 amide bonds. The highest BCUT2D eigenvalue weighted by molar-refractivity contribution is 6.70. The Morgan fingerprint density at radius 2 is 1.56 bits per heavy atom. The fourth-order valence-corrected chi connectivity index (χ4v) is 3.46. The molecule has 2 aromatic carbocycles. The van der Waals surface area contributed by atoms with Crippen molar-refractivity contribution in [3.05, 3.63) is 60.2 Å². The predicted octanol–water partition coefficient (Wildman–Crippen LogP) is 6.01. The molecule has 1 N–H and O–H groups in total. The van der Waals surface area contributed by atoms with E-state index in [-0.39, 0.29) is 24.3 Å². The summed E-state index contributed by atoms with van der Waals surface area (Å²) in [5, 5.41) is 3.06. The molecule has 1 aliphatic rings. The lowest BCUT2D eigenvalue weighted by Crippen LogP contribution is -2.47. The van der Waals surface area contributed by atoms with Gasteiger partial charge < -0.3 is 14.8 Å². The van der Waals surface area contributed by atoms with Crippen LogP contribution in [0.5, 0.6) is 11.5 Å². The summed E-state index contributed by atoms with van der Waals surface area (Å²) in [5.41, 5.74) is 4.34. The van der Waals surface area contributed by atoms with Gasteiger partial charge in [0.1, 0.15) is 0 Å². The van der Waals surface area contributed by atoms with Crippen LogP contribution in [0.25, 0.3) is 5.70 Å². The van der Waals surface area contributed by atoms with Crippen molar-refractivity contribution in [2.75, 3.05) is 14.2 Å². The first-order chi connectivity index (χ1) is 14.9. The van der Waals surface area contributed by atoms with E-state index < -0.39 is 5.92 Å². The monoisotopic (exact) mass is 443 g/mol. The lowest BCUT2D eigenvalue weighted by molar-refractivity contribution is -0.0891. The summed E-state index contributed by atoms with van der Waals surface area (Å²) in [6.45, 7) is 15.2. The topological polar surface area (TPSA) is 30.5 Å². The zero-order valence-electron chi connectivity index (χ0n) is 20.4. The average molecular weight is 443 g/mol. The molecule has 32 heavy (non-hydrogen) atoms. The molecule has 3 nitrogen and oxygen atoms in total. The number of benzene rings is 2. The van der Waals surface area contributed by atoms with Gasteiger partial charge in [-0.05, 0) is 28.7 Å². The molecule has 1 saturated carbocycles. The molecule has 3 rings (SSSR count). The molecular formula is C26H36BF2NO2. The first-order valence-electron chi connectivity index (χ1n) is 11.0. The number of methoxy groups -OCH3 is 2. The maximum absolute atomic E-state index is 12.7. The van der Waals surface area contributed by atoms with Crippen LogP contribution in [0, 0.1) is 0 Å². The summed E-state index contributed by atoms with van der Waals surface area (Å²) in [7, 11) is 3.30. The standard InChI is InChI=1S/C14H18BF2N.C12H18O2/c1-10(18-13-8-14(16,17)9-13)11-4-6-12(7-5-11)15(2)3;1-12(2,3)9-6-7-10(13-4)11(8-9)14-5/h4-7,13,18H,1,8-9H2,2-3H3;6-8H,1-5H3. The molecule has 0 aliphatic heterocycles. The van der Waals surface area contributed by atoms with Crippen LogP contribution in [0.3, 0.4) is 0 Å². The summed E-state index contributed by atoms with van der Waals surface area (Å²) < 4.78 is 35.9. The summed E-state index contributed by atoms with van der Waals surface area (Å²) in [5.74, 6) is -0.917. The molecular weight excluding hydrogens is 407 g/mol. The molecule has 0 saturated heterocycles. The zero-order valence-corrected chi connectivity index (χ0v) is 20.4. The van der Waals surface area contributed by atoms with Gasteiger partial charge in [-0.25, -0.2) is 8.78 Å². The van der Waals surface area contributed by atoms with E-state index in [1.165, 1.54) is 11.0 Å². The van der Waals surface area contributed by atoms with Crippen molar-refractivity contribution >= 4 is 17.9 Å². The Hall–Kier alpha value is -2.50. The first-order valence-corrected chi connectivity index (χ1v) is 11.0. The van der Waals surface area contributed by atoms with E-state index in [4.69, 9.17) is 9.47 Å². The second-order valence-corrected chi connectivity index (χ2v) is 9.68. The SMILES string of the molecule is C=C(NC1CC(F)(F)C1)c1ccc(B(C)C)cc1.COc1ccc(C(C)(C)C)cc1OC. The molecule has 0 unspecified atom stereocenters. The van der Waals surface area contributed by atoms with E-state index >= 15 is 0 Å². The third-order valence-electron chi connectivity index (χ3n) is 5.64. The number of hydrogen-bond acceptors (Lipinski definition) is 3. The van der Waals surface area contributed by atoms with Crippen LogP contribution in [0.2, 0.25) is 13.6 Å². The fraction of sp³-hybridized carbons (Fsp3) is 0.462. The van der Waals surface area contributed by atoms with Gasteiger partial charge >= 0.3 is 0 Å². The van der Waals surface area contributed by atoms with E-state index in [0.717, 1.165) is 22.8 Å². The minimum atomic E-state index is -2.49. The second kappa shape index (κ2) is 10.4. The van der Waals surface area contributed by atoms with Crippen LogP contribution in [0.4, 0.5) is 8.78 Å². The number of halogens is 2. The lowest BCUT2D eigenvalue weighted by atomic mass is 9.49. The molecule has 0 spiro atoms. The highest BCUT2D eigenvalue weighted by Gasteiger charge is 2.45. The fourth-order valence-electron chi connectivity index (χ4n) is 3.46. The molecule has 174 valence electrons. The van der Waals surface area contributed by atoms with Crippen molar-refractivity contribution in [3.8, 4) is 11.5 Å². The van der Waals surface area contributed by atoms with Crippen molar-refractivity contribution in [2.45, 2.75) is 64.6 Å². The highest BCUT2D eigenvalue weighted by atomic mass is 19.3.